The van der Waals surface area contributed by atoms with Crippen molar-refractivity contribution in [2.75, 3.05) is 13.1 Å². The third kappa shape index (κ3) is 4.35. The molecule has 0 atom stereocenters. The molecule has 1 N–H and O–H groups in total. The van der Waals surface area contributed by atoms with Gasteiger partial charge in [0.25, 0.3) is 0 Å². The van der Waals surface area contributed by atoms with Gasteiger partial charge in [0.15, 0.2) is 4.77 Å². The third-order valence-electron chi connectivity index (χ3n) is 6.31. The van der Waals surface area contributed by atoms with Gasteiger partial charge in [-0.3, -0.25) is 9.89 Å². The fourth-order valence-corrected chi connectivity index (χ4v) is 5.01. The Kier molecular flexibility index (Phi) is 6.46. The smallest absolute Gasteiger partial charge is 0.246 e. The van der Waals surface area contributed by atoms with E-state index in [1.165, 1.54) is 0 Å². The number of aromatic nitrogens is 4. The second-order valence-corrected chi connectivity index (χ2v) is 9.17. The van der Waals surface area contributed by atoms with Crippen molar-refractivity contribution in [1.29, 1.82) is 0 Å². The van der Waals surface area contributed by atoms with Crippen LogP contribution in [0, 0.1) is 18.6 Å². The van der Waals surface area contributed by atoms with Gasteiger partial charge in [-0.2, -0.15) is 5.10 Å². The molecule has 1 amide bonds. The van der Waals surface area contributed by atoms with Crippen LogP contribution in [0.5, 0.6) is 0 Å². The highest BCUT2D eigenvalue weighted by Gasteiger charge is 2.27. The first kappa shape index (κ1) is 22.3. The first-order valence-corrected chi connectivity index (χ1v) is 11.7. The summed E-state index contributed by atoms with van der Waals surface area (Å²) in [5.74, 6) is 1.40. The number of aryl methyl sites for hydroxylation is 1. The van der Waals surface area contributed by atoms with E-state index in [1.807, 2.05) is 29.2 Å². The number of nitrogens with one attached hydrogen (secondary N) is 1. The second-order valence-electron chi connectivity index (χ2n) is 8.78. The van der Waals surface area contributed by atoms with Gasteiger partial charge >= 0.3 is 0 Å². The molecule has 0 unspecified atom stereocenters. The van der Waals surface area contributed by atoms with E-state index in [0.717, 1.165) is 54.4 Å². The van der Waals surface area contributed by atoms with E-state index in [0.29, 0.717) is 10.7 Å². The molecule has 1 aliphatic rings. The molecule has 6 nitrogen and oxygen atoms in total. The predicted octanol–water partition coefficient (Wildman–Crippen LogP) is 5.35. The van der Waals surface area contributed by atoms with Crippen molar-refractivity contribution in [3.05, 3.63) is 70.0 Å². The van der Waals surface area contributed by atoms with Gasteiger partial charge in [0, 0.05) is 48.2 Å². The van der Waals surface area contributed by atoms with E-state index in [9.17, 15) is 4.79 Å². The molecule has 32 heavy (non-hydrogen) atoms. The van der Waals surface area contributed by atoms with Crippen molar-refractivity contribution in [3.8, 4) is 5.69 Å². The van der Waals surface area contributed by atoms with Crippen molar-refractivity contribution in [2.45, 2.75) is 52.5 Å². The Hall–Kier alpha value is -2.93. The number of benzene rings is 1. The molecular formula is C25H31N5OS. The molecule has 168 valence electrons. The van der Waals surface area contributed by atoms with Crippen LogP contribution in [0.25, 0.3) is 11.8 Å². The van der Waals surface area contributed by atoms with Gasteiger partial charge in [-0.25, -0.2) is 0 Å². The summed E-state index contributed by atoms with van der Waals surface area (Å²) >= 11 is 5.39. The van der Waals surface area contributed by atoms with Crippen LogP contribution in [0.15, 0.2) is 42.5 Å². The van der Waals surface area contributed by atoms with Crippen LogP contribution in [0.4, 0.5) is 0 Å². The van der Waals surface area contributed by atoms with Gasteiger partial charge in [-0.15, -0.1) is 0 Å². The summed E-state index contributed by atoms with van der Waals surface area (Å²) in [6.07, 6.45) is 5.45. The molecule has 3 heterocycles. The molecule has 3 aromatic rings. The average Bonchev–Trinajstić information content (AvgIpc) is 3.31. The quantitative estimate of drug-likeness (QED) is 0.422. The maximum atomic E-state index is 12.9. The Morgan fingerprint density at radius 3 is 2.53 bits per heavy atom. The Morgan fingerprint density at radius 1 is 1.19 bits per heavy atom. The fraction of sp³-hybridized carbons (Fsp3) is 0.400. The highest BCUT2D eigenvalue weighted by Crippen LogP contribution is 2.29. The summed E-state index contributed by atoms with van der Waals surface area (Å²) in [6.45, 7) is 9.89. The molecule has 0 spiro atoms. The van der Waals surface area contributed by atoms with Crippen LogP contribution in [0.3, 0.4) is 0 Å². The largest absolute Gasteiger partial charge is 0.339 e. The zero-order valence-electron chi connectivity index (χ0n) is 19.2. The van der Waals surface area contributed by atoms with Crippen molar-refractivity contribution < 1.29 is 4.79 Å². The van der Waals surface area contributed by atoms with Crippen molar-refractivity contribution in [3.63, 3.8) is 0 Å². The zero-order valence-corrected chi connectivity index (χ0v) is 20.0. The molecule has 1 fully saturated rings. The van der Waals surface area contributed by atoms with Crippen LogP contribution < -0.4 is 0 Å². The molecule has 1 aromatic carbocycles. The fourth-order valence-electron chi connectivity index (χ4n) is 4.66. The standard InChI is InChI=1S/C25H31N5OS/c1-17(2)29-24(26-27-25(29)32)20-12-14-28(15-13-20)23(31)11-10-21-16-18(3)30(19(21)4)22-8-6-5-7-9-22/h5-11,16-17,20H,12-15H2,1-4H3,(H,27,32). The Morgan fingerprint density at radius 2 is 1.88 bits per heavy atom. The zero-order chi connectivity index (χ0) is 22.8. The van der Waals surface area contributed by atoms with E-state index in [-0.39, 0.29) is 11.9 Å². The number of hydrogen-bond acceptors (Lipinski definition) is 3. The molecule has 1 aliphatic heterocycles. The molecule has 0 bridgehead atoms. The van der Waals surface area contributed by atoms with Crippen molar-refractivity contribution in [1.82, 2.24) is 24.2 Å². The minimum atomic E-state index is 0.0655. The number of rotatable bonds is 5. The number of nitrogens with zero attached hydrogens (tertiary/aromatic N) is 4. The summed E-state index contributed by atoms with van der Waals surface area (Å²) < 4.78 is 4.99. The number of carbonyl (C=O) groups is 1. The van der Waals surface area contributed by atoms with Gasteiger partial charge in [0.1, 0.15) is 5.82 Å². The molecule has 1 saturated heterocycles. The minimum Gasteiger partial charge on any atom is -0.339 e. The van der Waals surface area contributed by atoms with Crippen LogP contribution in [0.1, 0.15) is 61.4 Å². The number of amides is 1. The summed E-state index contributed by atoms with van der Waals surface area (Å²) in [5.41, 5.74) is 4.49. The van der Waals surface area contributed by atoms with Crippen LogP contribution in [0.2, 0.25) is 0 Å². The summed E-state index contributed by atoms with van der Waals surface area (Å²) in [6, 6.07) is 12.7. The van der Waals surface area contributed by atoms with Crippen LogP contribution in [-0.2, 0) is 4.79 Å². The minimum absolute atomic E-state index is 0.0655. The predicted molar refractivity (Wildman–Crippen MR) is 131 cm³/mol. The van der Waals surface area contributed by atoms with Crippen molar-refractivity contribution >= 4 is 24.2 Å². The summed E-state index contributed by atoms with van der Waals surface area (Å²) in [7, 11) is 0. The van der Waals surface area contributed by atoms with E-state index in [1.54, 1.807) is 6.08 Å². The van der Waals surface area contributed by atoms with E-state index in [4.69, 9.17) is 12.2 Å². The third-order valence-corrected chi connectivity index (χ3v) is 6.60. The lowest BCUT2D eigenvalue weighted by Crippen LogP contribution is -2.37. The van der Waals surface area contributed by atoms with E-state index in [2.05, 4.69) is 65.2 Å². The van der Waals surface area contributed by atoms with E-state index < -0.39 is 0 Å². The summed E-state index contributed by atoms with van der Waals surface area (Å²) in [5, 5.41) is 7.41. The molecule has 2 aromatic heterocycles. The molecule has 0 aliphatic carbocycles. The van der Waals surface area contributed by atoms with Crippen LogP contribution in [-0.4, -0.2) is 43.2 Å². The number of aromatic amines is 1. The maximum Gasteiger partial charge on any atom is 0.246 e. The maximum absolute atomic E-state index is 12.9. The number of likely N-dealkylation sites (tertiary alicyclic amines) is 1. The van der Waals surface area contributed by atoms with Crippen molar-refractivity contribution in [2.24, 2.45) is 0 Å². The molecule has 7 heteroatoms. The Balaban J connectivity index is 1.42. The van der Waals surface area contributed by atoms with Gasteiger partial charge < -0.3 is 14.0 Å². The van der Waals surface area contributed by atoms with Crippen LogP contribution >= 0.6 is 12.2 Å². The van der Waals surface area contributed by atoms with Gasteiger partial charge in [-0.05, 0) is 82.6 Å². The summed E-state index contributed by atoms with van der Waals surface area (Å²) in [4.78, 5) is 14.8. The van der Waals surface area contributed by atoms with Gasteiger partial charge in [0.05, 0.1) is 0 Å². The lowest BCUT2D eigenvalue weighted by atomic mass is 9.95. The molecule has 0 saturated carbocycles. The highest BCUT2D eigenvalue weighted by atomic mass is 32.1. The number of hydrogen-bond donors (Lipinski definition) is 1. The monoisotopic (exact) mass is 449 g/mol. The van der Waals surface area contributed by atoms with Gasteiger partial charge in [0.2, 0.25) is 5.91 Å². The number of para-hydroxylation sites is 1. The lowest BCUT2D eigenvalue weighted by molar-refractivity contribution is -0.127. The van der Waals surface area contributed by atoms with Gasteiger partial charge in [-0.1, -0.05) is 18.2 Å². The molecular weight excluding hydrogens is 418 g/mol. The number of H-pyrrole nitrogens is 1. The van der Waals surface area contributed by atoms with E-state index >= 15 is 0 Å². The number of carbonyl (C=O) groups excluding carboxylic acids is 1. The highest BCUT2D eigenvalue weighted by molar-refractivity contribution is 7.71. The average molecular weight is 450 g/mol. The molecule has 4 rings (SSSR count). The molecule has 0 radical (unpaired) electrons. The normalized spacial score (nSPS) is 15.2. The number of piperidine rings is 1. The Labute approximate surface area is 194 Å². The first-order chi connectivity index (χ1) is 15.4. The lowest BCUT2D eigenvalue weighted by Gasteiger charge is -2.31. The Bertz CT molecular complexity index is 1180. The topological polar surface area (TPSA) is 58.9 Å². The SMILES string of the molecule is Cc1cc(C=CC(=O)N2CCC(c3n[nH]c(=S)n3C(C)C)CC2)c(C)n1-c1ccccc1. The second kappa shape index (κ2) is 9.28. The first-order valence-electron chi connectivity index (χ1n) is 11.2.